The Morgan fingerprint density at radius 3 is 2.37 bits per heavy atom. The second-order valence-electron chi connectivity index (χ2n) is 4.48. The number of carbonyl (C=O) groups excluding carboxylic acids is 1. The highest BCUT2D eigenvalue weighted by atomic mass is 35.5. The molecule has 0 radical (unpaired) electrons. The molecule has 1 saturated heterocycles. The van der Waals surface area contributed by atoms with Crippen LogP contribution in [0, 0.1) is 5.92 Å². The minimum atomic E-state index is -3.60. The van der Waals surface area contributed by atoms with Gasteiger partial charge in [-0.3, -0.25) is 4.79 Å². The lowest BCUT2D eigenvalue weighted by Gasteiger charge is -2.29. The van der Waals surface area contributed by atoms with Crippen molar-refractivity contribution in [3.8, 4) is 0 Å². The van der Waals surface area contributed by atoms with E-state index in [2.05, 4.69) is 0 Å². The van der Waals surface area contributed by atoms with Gasteiger partial charge < -0.3 is 0 Å². The van der Waals surface area contributed by atoms with Crippen LogP contribution in [0.4, 0.5) is 0 Å². The number of ketones is 1. The Hall–Kier alpha value is -0.140. The summed E-state index contributed by atoms with van der Waals surface area (Å²) in [6.07, 6.45) is 1.12. The van der Waals surface area contributed by atoms with Crippen molar-refractivity contribution in [2.24, 2.45) is 5.92 Å². The molecule has 19 heavy (non-hydrogen) atoms. The predicted molar refractivity (Wildman–Crippen MR) is 76.5 cm³/mol. The van der Waals surface area contributed by atoms with E-state index in [1.807, 2.05) is 0 Å². The van der Waals surface area contributed by atoms with E-state index in [0.717, 1.165) is 11.3 Å². The number of hydrogen-bond donors (Lipinski definition) is 0. The summed E-state index contributed by atoms with van der Waals surface area (Å²) in [5.74, 6) is 0.0849. The summed E-state index contributed by atoms with van der Waals surface area (Å²) in [7, 11) is -3.60. The van der Waals surface area contributed by atoms with E-state index in [4.69, 9.17) is 23.2 Å². The van der Waals surface area contributed by atoms with Crippen molar-refractivity contribution in [1.29, 1.82) is 0 Å². The second-order valence-corrected chi connectivity index (χ2v) is 8.67. The smallest absolute Gasteiger partial charge is 0.245 e. The van der Waals surface area contributed by atoms with Crippen LogP contribution in [0.3, 0.4) is 0 Å². The summed E-state index contributed by atoms with van der Waals surface area (Å²) >= 11 is 12.7. The molecule has 0 atom stereocenters. The minimum Gasteiger partial charge on any atom is -0.300 e. The highest BCUT2D eigenvalue weighted by molar-refractivity contribution is 7.89. The third-order valence-electron chi connectivity index (χ3n) is 3.27. The van der Waals surface area contributed by atoms with Crippen molar-refractivity contribution >= 4 is 50.3 Å². The van der Waals surface area contributed by atoms with E-state index in [1.165, 1.54) is 10.4 Å². The number of thiophene rings is 1. The Labute approximate surface area is 126 Å². The molecule has 0 spiro atoms. The zero-order valence-electron chi connectivity index (χ0n) is 10.2. The Balaban J connectivity index is 2.19. The maximum absolute atomic E-state index is 12.4. The molecule has 8 heteroatoms. The van der Waals surface area contributed by atoms with Gasteiger partial charge in [0.25, 0.3) is 0 Å². The van der Waals surface area contributed by atoms with E-state index in [1.54, 1.807) is 6.92 Å². The van der Waals surface area contributed by atoms with Gasteiger partial charge >= 0.3 is 0 Å². The molecule has 0 saturated carbocycles. The molecule has 4 nitrogen and oxygen atoms in total. The number of carbonyl (C=O) groups is 1. The van der Waals surface area contributed by atoms with Crippen LogP contribution in [-0.4, -0.2) is 31.6 Å². The summed E-state index contributed by atoms with van der Waals surface area (Å²) < 4.78 is 26.7. The summed E-state index contributed by atoms with van der Waals surface area (Å²) in [6.45, 7) is 2.23. The maximum atomic E-state index is 12.4. The van der Waals surface area contributed by atoms with Crippen LogP contribution in [0.2, 0.25) is 8.67 Å². The lowest BCUT2D eigenvalue weighted by Crippen LogP contribution is -2.39. The van der Waals surface area contributed by atoms with Crippen molar-refractivity contribution in [1.82, 2.24) is 4.31 Å². The predicted octanol–water partition coefficient (Wildman–Crippen LogP) is 3.04. The number of halogens is 2. The molecule has 2 heterocycles. The molecule has 2 rings (SSSR count). The van der Waals surface area contributed by atoms with Gasteiger partial charge in [0.2, 0.25) is 10.0 Å². The first-order valence-electron chi connectivity index (χ1n) is 5.78. The Bertz CT molecular complexity index is 589. The molecule has 1 aliphatic heterocycles. The van der Waals surface area contributed by atoms with Crippen molar-refractivity contribution in [3.63, 3.8) is 0 Å². The third-order valence-corrected chi connectivity index (χ3v) is 6.92. The van der Waals surface area contributed by atoms with Crippen molar-refractivity contribution in [3.05, 3.63) is 14.7 Å². The monoisotopic (exact) mass is 341 g/mol. The first-order chi connectivity index (χ1) is 8.82. The SMILES string of the molecule is CC(=O)C1CCN(S(=O)(=O)c2cc(Cl)sc2Cl)CC1. The van der Waals surface area contributed by atoms with Crippen molar-refractivity contribution in [2.45, 2.75) is 24.7 Å². The molecule has 0 N–H and O–H groups in total. The molecule has 0 aliphatic carbocycles. The zero-order chi connectivity index (χ0) is 14.2. The van der Waals surface area contributed by atoms with Crippen molar-refractivity contribution < 1.29 is 13.2 Å². The topological polar surface area (TPSA) is 54.5 Å². The van der Waals surface area contributed by atoms with Gasteiger partial charge in [-0.05, 0) is 25.8 Å². The van der Waals surface area contributed by atoms with E-state index in [9.17, 15) is 13.2 Å². The normalized spacial score (nSPS) is 18.7. The summed E-state index contributed by atoms with van der Waals surface area (Å²) in [5.41, 5.74) is 0. The lowest BCUT2D eigenvalue weighted by atomic mass is 9.95. The molecule has 106 valence electrons. The first kappa shape index (κ1) is 15.3. The van der Waals surface area contributed by atoms with Gasteiger partial charge in [-0.25, -0.2) is 8.42 Å². The van der Waals surface area contributed by atoms with Gasteiger partial charge in [0.15, 0.2) is 0 Å². The number of piperidine rings is 1. The highest BCUT2D eigenvalue weighted by Gasteiger charge is 2.32. The summed E-state index contributed by atoms with van der Waals surface area (Å²) in [6, 6.07) is 1.38. The fourth-order valence-corrected chi connectivity index (χ4v) is 5.73. The average Bonchev–Trinajstić information content (AvgIpc) is 2.69. The van der Waals surface area contributed by atoms with E-state index < -0.39 is 10.0 Å². The van der Waals surface area contributed by atoms with Crippen LogP contribution in [0.1, 0.15) is 19.8 Å². The summed E-state index contributed by atoms with van der Waals surface area (Å²) in [5, 5.41) is 0. The van der Waals surface area contributed by atoms with Crippen LogP contribution in [0.15, 0.2) is 11.0 Å². The number of sulfonamides is 1. The average molecular weight is 342 g/mol. The van der Waals surface area contributed by atoms with Gasteiger partial charge in [0, 0.05) is 19.0 Å². The molecular formula is C11H13Cl2NO3S2. The number of nitrogens with zero attached hydrogens (tertiary/aromatic N) is 1. The third kappa shape index (κ3) is 3.13. The summed E-state index contributed by atoms with van der Waals surface area (Å²) in [4.78, 5) is 11.3. The standard InChI is InChI=1S/C11H13Cl2NO3S2/c1-7(15)8-2-4-14(5-3-8)19(16,17)9-6-10(12)18-11(9)13/h6,8H,2-5H2,1H3. The fraction of sp³-hybridized carbons (Fsp3) is 0.545. The highest BCUT2D eigenvalue weighted by Crippen LogP contribution is 2.36. The van der Waals surface area contributed by atoms with Gasteiger partial charge in [-0.15, -0.1) is 11.3 Å². The Morgan fingerprint density at radius 1 is 1.37 bits per heavy atom. The minimum absolute atomic E-state index is 0.0343. The van der Waals surface area contributed by atoms with Gasteiger partial charge in [-0.2, -0.15) is 4.31 Å². The molecule has 1 aromatic heterocycles. The molecular weight excluding hydrogens is 329 g/mol. The van der Waals surface area contributed by atoms with Crippen molar-refractivity contribution in [2.75, 3.05) is 13.1 Å². The number of rotatable bonds is 3. The largest absolute Gasteiger partial charge is 0.300 e. The second kappa shape index (κ2) is 5.69. The van der Waals surface area contributed by atoms with Crippen LogP contribution in [0.5, 0.6) is 0 Å². The van der Waals surface area contributed by atoms with Crippen LogP contribution in [0.25, 0.3) is 0 Å². The molecule has 0 bridgehead atoms. The molecule has 0 aromatic carbocycles. The molecule has 0 amide bonds. The van der Waals surface area contributed by atoms with Gasteiger partial charge in [0.05, 0.1) is 4.34 Å². The maximum Gasteiger partial charge on any atom is 0.245 e. The van der Waals surface area contributed by atoms with E-state index in [0.29, 0.717) is 30.3 Å². The van der Waals surface area contributed by atoms with Gasteiger partial charge in [-0.1, -0.05) is 23.2 Å². The van der Waals surface area contributed by atoms with Crippen LogP contribution in [-0.2, 0) is 14.8 Å². The Kier molecular flexibility index (Phi) is 4.57. The van der Waals surface area contributed by atoms with E-state index in [-0.39, 0.29) is 20.9 Å². The first-order valence-corrected chi connectivity index (χ1v) is 8.79. The zero-order valence-corrected chi connectivity index (χ0v) is 13.4. The van der Waals surface area contributed by atoms with Crippen LogP contribution < -0.4 is 0 Å². The lowest BCUT2D eigenvalue weighted by molar-refractivity contribution is -0.121. The van der Waals surface area contributed by atoms with Gasteiger partial charge in [0.1, 0.15) is 15.0 Å². The molecule has 1 fully saturated rings. The van der Waals surface area contributed by atoms with E-state index >= 15 is 0 Å². The number of Topliss-reactive ketones (excluding diaryl/α,β-unsaturated/α-hetero) is 1. The molecule has 1 aromatic rings. The Morgan fingerprint density at radius 2 is 1.95 bits per heavy atom. The quantitative estimate of drug-likeness (QED) is 0.848. The molecule has 0 unspecified atom stereocenters. The van der Waals surface area contributed by atoms with Crippen LogP contribution >= 0.6 is 34.5 Å². The number of hydrogen-bond acceptors (Lipinski definition) is 4. The molecule has 1 aliphatic rings. The fourth-order valence-electron chi connectivity index (χ4n) is 2.14.